The second-order valence-corrected chi connectivity index (χ2v) is 6.55. The highest BCUT2D eigenvalue weighted by molar-refractivity contribution is 7.89. The lowest BCUT2D eigenvalue weighted by Crippen LogP contribution is -2.40. The minimum Gasteiger partial charge on any atom is -0.351 e. The molecule has 0 unspecified atom stereocenters. The van der Waals surface area contributed by atoms with Crippen molar-refractivity contribution in [3.63, 3.8) is 0 Å². The van der Waals surface area contributed by atoms with Crippen LogP contribution in [-0.2, 0) is 19.5 Å². The summed E-state index contributed by atoms with van der Waals surface area (Å²) in [7, 11) is -3.51. The van der Waals surface area contributed by atoms with Gasteiger partial charge in [-0.15, -0.1) is 0 Å². The third-order valence-corrected chi connectivity index (χ3v) is 4.54. The van der Waals surface area contributed by atoms with Crippen molar-refractivity contribution >= 4 is 10.0 Å². The topological polar surface area (TPSA) is 64.6 Å². The number of hydrogen-bond acceptors (Lipinski definition) is 4. The first-order valence-corrected chi connectivity index (χ1v) is 7.76. The number of hydrogen-bond donors (Lipinski definition) is 1. The van der Waals surface area contributed by atoms with Crippen molar-refractivity contribution in [2.24, 2.45) is 5.92 Å². The van der Waals surface area contributed by atoms with Gasteiger partial charge in [0.15, 0.2) is 6.29 Å². The van der Waals surface area contributed by atoms with Gasteiger partial charge in [0, 0.05) is 5.92 Å². The first-order chi connectivity index (χ1) is 8.99. The Hall–Kier alpha value is -0.950. The van der Waals surface area contributed by atoms with Crippen LogP contribution in [0, 0.1) is 12.8 Å². The van der Waals surface area contributed by atoms with Gasteiger partial charge in [0.25, 0.3) is 0 Å². The highest BCUT2D eigenvalue weighted by Crippen LogP contribution is 2.15. The molecular formula is C13H19NO4S. The molecule has 0 saturated carbocycles. The highest BCUT2D eigenvalue weighted by atomic mass is 32.2. The van der Waals surface area contributed by atoms with Gasteiger partial charge in [-0.25, -0.2) is 13.1 Å². The summed E-state index contributed by atoms with van der Waals surface area (Å²) >= 11 is 0. The van der Waals surface area contributed by atoms with Gasteiger partial charge in [-0.2, -0.15) is 0 Å². The van der Waals surface area contributed by atoms with E-state index in [2.05, 4.69) is 4.72 Å². The Bertz CT molecular complexity index is 521. The molecule has 1 fully saturated rings. The van der Waals surface area contributed by atoms with Crippen LogP contribution in [0.4, 0.5) is 0 Å². The molecule has 19 heavy (non-hydrogen) atoms. The van der Waals surface area contributed by atoms with E-state index in [0.29, 0.717) is 29.6 Å². The van der Waals surface area contributed by atoms with Crippen molar-refractivity contribution in [1.29, 1.82) is 0 Å². The Labute approximate surface area is 114 Å². The van der Waals surface area contributed by atoms with Gasteiger partial charge in [-0.05, 0) is 18.6 Å². The molecular weight excluding hydrogens is 266 g/mol. The lowest BCUT2D eigenvalue weighted by Gasteiger charge is -2.27. The zero-order valence-electron chi connectivity index (χ0n) is 11.1. The standard InChI is InChI=1S/C13H19NO4S/c1-10-8-17-13(18-9-10)7-14-19(15,16)12-6-4-3-5-11(12)2/h3-6,10,13-14H,7-9H2,1-2H3. The summed E-state index contributed by atoms with van der Waals surface area (Å²) in [6.07, 6.45) is -0.505. The van der Waals surface area contributed by atoms with Crippen molar-refractivity contribution in [1.82, 2.24) is 4.72 Å². The van der Waals surface area contributed by atoms with Crippen LogP contribution in [0.15, 0.2) is 29.2 Å². The smallest absolute Gasteiger partial charge is 0.241 e. The summed E-state index contributed by atoms with van der Waals surface area (Å²) in [4.78, 5) is 0.291. The molecule has 0 atom stereocenters. The lowest BCUT2D eigenvalue weighted by molar-refractivity contribution is -0.192. The minimum absolute atomic E-state index is 0.128. The van der Waals surface area contributed by atoms with E-state index in [1.54, 1.807) is 25.1 Å². The number of nitrogens with one attached hydrogen (secondary N) is 1. The van der Waals surface area contributed by atoms with Crippen molar-refractivity contribution in [3.8, 4) is 0 Å². The average molecular weight is 285 g/mol. The third-order valence-electron chi connectivity index (χ3n) is 2.96. The van der Waals surface area contributed by atoms with Crippen molar-refractivity contribution in [3.05, 3.63) is 29.8 Å². The van der Waals surface area contributed by atoms with E-state index in [9.17, 15) is 8.42 Å². The lowest BCUT2D eigenvalue weighted by atomic mass is 10.2. The monoisotopic (exact) mass is 285 g/mol. The molecule has 1 aromatic carbocycles. The first-order valence-electron chi connectivity index (χ1n) is 6.27. The number of rotatable bonds is 4. The number of ether oxygens (including phenoxy) is 2. The van der Waals surface area contributed by atoms with Gasteiger partial charge in [0.05, 0.1) is 24.7 Å². The maximum absolute atomic E-state index is 12.1. The molecule has 0 aliphatic carbocycles. The molecule has 0 spiro atoms. The maximum Gasteiger partial charge on any atom is 0.241 e. The second kappa shape index (κ2) is 6.00. The van der Waals surface area contributed by atoms with E-state index in [1.165, 1.54) is 0 Å². The van der Waals surface area contributed by atoms with Crippen LogP contribution in [0.5, 0.6) is 0 Å². The zero-order valence-corrected chi connectivity index (χ0v) is 11.9. The fraction of sp³-hybridized carbons (Fsp3) is 0.538. The normalized spacial score (nSPS) is 24.3. The Balaban J connectivity index is 1.97. The Kier molecular flexibility index (Phi) is 4.57. The van der Waals surface area contributed by atoms with E-state index in [-0.39, 0.29) is 6.54 Å². The van der Waals surface area contributed by atoms with Crippen LogP contribution < -0.4 is 4.72 Å². The van der Waals surface area contributed by atoms with Gasteiger partial charge < -0.3 is 9.47 Å². The summed E-state index contributed by atoms with van der Waals surface area (Å²) in [5.74, 6) is 0.351. The molecule has 1 aliphatic heterocycles. The molecule has 1 aliphatic rings. The van der Waals surface area contributed by atoms with Crippen LogP contribution in [0.3, 0.4) is 0 Å². The van der Waals surface area contributed by atoms with Crippen molar-refractivity contribution < 1.29 is 17.9 Å². The predicted octanol–water partition coefficient (Wildman–Crippen LogP) is 1.28. The molecule has 6 heteroatoms. The van der Waals surface area contributed by atoms with Gasteiger partial charge in [-0.1, -0.05) is 25.1 Å². The number of aryl methyl sites for hydroxylation is 1. The maximum atomic E-state index is 12.1. The van der Waals surface area contributed by atoms with E-state index in [4.69, 9.17) is 9.47 Å². The average Bonchev–Trinajstić information content (AvgIpc) is 2.38. The van der Waals surface area contributed by atoms with Crippen LogP contribution in [0.1, 0.15) is 12.5 Å². The number of benzene rings is 1. The van der Waals surface area contributed by atoms with Crippen LogP contribution in [0.2, 0.25) is 0 Å². The van der Waals surface area contributed by atoms with Crippen molar-refractivity contribution in [2.75, 3.05) is 19.8 Å². The molecule has 1 aromatic rings. The molecule has 0 radical (unpaired) electrons. The van der Waals surface area contributed by atoms with Gasteiger partial charge >= 0.3 is 0 Å². The summed E-state index contributed by atoms with van der Waals surface area (Å²) < 4.78 is 37.6. The van der Waals surface area contributed by atoms with Crippen LogP contribution >= 0.6 is 0 Å². The van der Waals surface area contributed by atoms with Gasteiger partial charge in [0.2, 0.25) is 10.0 Å². The molecule has 1 saturated heterocycles. The summed E-state index contributed by atoms with van der Waals surface area (Å²) in [6.45, 7) is 5.11. The van der Waals surface area contributed by atoms with Gasteiger partial charge in [-0.3, -0.25) is 0 Å². The van der Waals surface area contributed by atoms with E-state index in [0.717, 1.165) is 0 Å². The predicted molar refractivity (Wildman–Crippen MR) is 71.2 cm³/mol. The fourth-order valence-corrected chi connectivity index (χ4v) is 3.13. The molecule has 5 nitrogen and oxygen atoms in total. The molecule has 0 amide bonds. The van der Waals surface area contributed by atoms with Crippen molar-refractivity contribution in [2.45, 2.75) is 25.0 Å². The Morgan fingerprint density at radius 2 is 1.89 bits per heavy atom. The van der Waals surface area contributed by atoms with Gasteiger partial charge in [0.1, 0.15) is 0 Å². The Morgan fingerprint density at radius 1 is 1.26 bits per heavy atom. The van der Waals surface area contributed by atoms with E-state index >= 15 is 0 Å². The zero-order chi connectivity index (χ0) is 13.9. The summed E-state index contributed by atoms with van der Waals surface area (Å²) in [6, 6.07) is 6.87. The second-order valence-electron chi connectivity index (χ2n) is 4.82. The molecule has 0 bridgehead atoms. The molecule has 2 rings (SSSR count). The highest BCUT2D eigenvalue weighted by Gasteiger charge is 2.22. The Morgan fingerprint density at radius 3 is 2.53 bits per heavy atom. The number of sulfonamides is 1. The minimum atomic E-state index is -3.51. The third kappa shape index (κ3) is 3.76. The van der Waals surface area contributed by atoms with Crippen LogP contribution in [-0.4, -0.2) is 34.5 Å². The summed E-state index contributed by atoms with van der Waals surface area (Å²) in [5, 5.41) is 0. The summed E-state index contributed by atoms with van der Waals surface area (Å²) in [5.41, 5.74) is 0.717. The van der Waals surface area contributed by atoms with E-state index < -0.39 is 16.3 Å². The molecule has 0 aromatic heterocycles. The quantitative estimate of drug-likeness (QED) is 0.905. The fourth-order valence-electron chi connectivity index (χ4n) is 1.87. The molecule has 1 heterocycles. The SMILES string of the molecule is Cc1ccccc1S(=O)(=O)NCC1OCC(C)CO1. The first kappa shape index (κ1) is 14.5. The largest absolute Gasteiger partial charge is 0.351 e. The molecule has 1 N–H and O–H groups in total. The van der Waals surface area contributed by atoms with Crippen LogP contribution in [0.25, 0.3) is 0 Å². The van der Waals surface area contributed by atoms with E-state index in [1.807, 2.05) is 13.0 Å². The molecule has 106 valence electrons.